The van der Waals surface area contributed by atoms with E-state index in [4.69, 9.17) is 11.5 Å². The molecule has 4 N–H and O–H groups in total. The van der Waals surface area contributed by atoms with E-state index in [1.54, 1.807) is 6.07 Å². The second-order valence-electron chi connectivity index (χ2n) is 3.61. The number of aromatic nitrogens is 3. The van der Waals surface area contributed by atoms with E-state index in [-0.39, 0.29) is 22.8 Å². The van der Waals surface area contributed by atoms with Gasteiger partial charge in [-0.3, -0.25) is 4.79 Å². The SMILES string of the molecule is COC(=O)c1nn(-c2ncccc2C(N)=O)cc1N. The molecule has 8 nitrogen and oxygen atoms in total. The molecule has 0 unspecified atom stereocenters. The highest BCUT2D eigenvalue weighted by Crippen LogP contribution is 2.16. The zero-order valence-electron chi connectivity index (χ0n) is 10.0. The molecule has 0 aliphatic heterocycles. The third-order valence-electron chi connectivity index (χ3n) is 2.39. The Morgan fingerprint density at radius 3 is 2.79 bits per heavy atom. The number of nitrogens with two attached hydrogens (primary N) is 2. The summed E-state index contributed by atoms with van der Waals surface area (Å²) in [6, 6.07) is 3.07. The second-order valence-corrected chi connectivity index (χ2v) is 3.61. The Morgan fingerprint density at radius 1 is 1.42 bits per heavy atom. The van der Waals surface area contributed by atoms with Crippen LogP contribution in [0.15, 0.2) is 24.5 Å². The van der Waals surface area contributed by atoms with Crippen molar-refractivity contribution in [3.8, 4) is 5.82 Å². The van der Waals surface area contributed by atoms with Crippen LogP contribution in [0.2, 0.25) is 0 Å². The van der Waals surface area contributed by atoms with Crippen LogP contribution < -0.4 is 11.5 Å². The van der Waals surface area contributed by atoms with Crippen LogP contribution in [0.1, 0.15) is 20.8 Å². The zero-order chi connectivity index (χ0) is 14.0. The van der Waals surface area contributed by atoms with Gasteiger partial charge in [0.25, 0.3) is 5.91 Å². The summed E-state index contributed by atoms with van der Waals surface area (Å²) < 4.78 is 5.75. The van der Waals surface area contributed by atoms with Gasteiger partial charge in [0.1, 0.15) is 0 Å². The normalized spacial score (nSPS) is 10.2. The fourth-order valence-corrected chi connectivity index (χ4v) is 1.52. The van der Waals surface area contributed by atoms with Gasteiger partial charge < -0.3 is 16.2 Å². The lowest BCUT2D eigenvalue weighted by molar-refractivity contribution is 0.0594. The Hall–Kier alpha value is -2.90. The van der Waals surface area contributed by atoms with Gasteiger partial charge in [0, 0.05) is 6.20 Å². The van der Waals surface area contributed by atoms with Crippen LogP contribution in [0.3, 0.4) is 0 Å². The Kier molecular flexibility index (Phi) is 3.15. The second kappa shape index (κ2) is 4.77. The van der Waals surface area contributed by atoms with E-state index < -0.39 is 11.9 Å². The number of ether oxygens (including phenoxy) is 1. The first-order valence-electron chi connectivity index (χ1n) is 5.23. The van der Waals surface area contributed by atoms with E-state index in [1.807, 2.05) is 0 Å². The number of anilines is 1. The topological polar surface area (TPSA) is 126 Å². The highest BCUT2D eigenvalue weighted by molar-refractivity contribution is 5.96. The minimum absolute atomic E-state index is 0.0522. The molecule has 0 fully saturated rings. The molecule has 0 aliphatic carbocycles. The number of nitrogen functional groups attached to an aromatic ring is 1. The number of hydrogen-bond donors (Lipinski definition) is 2. The largest absolute Gasteiger partial charge is 0.464 e. The molecule has 0 aromatic carbocycles. The molecular formula is C11H11N5O3. The highest BCUT2D eigenvalue weighted by Gasteiger charge is 2.18. The summed E-state index contributed by atoms with van der Waals surface area (Å²) in [5.41, 5.74) is 11.1. The number of amides is 1. The molecule has 0 saturated heterocycles. The first kappa shape index (κ1) is 12.6. The molecule has 0 atom stereocenters. The van der Waals surface area contributed by atoms with Crippen molar-refractivity contribution in [1.29, 1.82) is 0 Å². The van der Waals surface area contributed by atoms with E-state index in [1.165, 1.54) is 30.3 Å². The van der Waals surface area contributed by atoms with Crippen LogP contribution in [-0.2, 0) is 4.74 Å². The molecule has 98 valence electrons. The molecule has 0 radical (unpaired) electrons. The first-order valence-corrected chi connectivity index (χ1v) is 5.23. The number of carbonyl (C=O) groups is 2. The number of esters is 1. The fourth-order valence-electron chi connectivity index (χ4n) is 1.52. The Balaban J connectivity index is 2.55. The number of nitrogens with zero attached hydrogens (tertiary/aromatic N) is 3. The third kappa shape index (κ3) is 2.23. The van der Waals surface area contributed by atoms with Crippen molar-refractivity contribution in [2.75, 3.05) is 12.8 Å². The van der Waals surface area contributed by atoms with Crippen molar-refractivity contribution in [3.05, 3.63) is 35.8 Å². The molecule has 0 spiro atoms. The van der Waals surface area contributed by atoms with E-state index in [0.717, 1.165) is 0 Å². The zero-order valence-corrected chi connectivity index (χ0v) is 10.0. The molecule has 8 heteroatoms. The number of pyridine rings is 1. The van der Waals surface area contributed by atoms with Crippen molar-refractivity contribution >= 4 is 17.6 Å². The molecule has 1 amide bonds. The average molecular weight is 261 g/mol. The summed E-state index contributed by atoms with van der Waals surface area (Å²) in [6.45, 7) is 0. The van der Waals surface area contributed by atoms with Gasteiger partial charge in [-0.1, -0.05) is 0 Å². The van der Waals surface area contributed by atoms with Crippen molar-refractivity contribution in [3.63, 3.8) is 0 Å². The lowest BCUT2D eigenvalue weighted by Crippen LogP contribution is -2.16. The van der Waals surface area contributed by atoms with Crippen LogP contribution in [0.5, 0.6) is 0 Å². The molecule has 0 aliphatic rings. The summed E-state index contributed by atoms with van der Waals surface area (Å²) in [6.07, 6.45) is 2.83. The Labute approximate surface area is 108 Å². The van der Waals surface area contributed by atoms with E-state index >= 15 is 0 Å². The average Bonchev–Trinajstić information content (AvgIpc) is 2.79. The van der Waals surface area contributed by atoms with Crippen LogP contribution in [0, 0.1) is 0 Å². The molecule has 0 bridgehead atoms. The van der Waals surface area contributed by atoms with Crippen molar-refractivity contribution < 1.29 is 14.3 Å². The highest BCUT2D eigenvalue weighted by atomic mass is 16.5. The summed E-state index contributed by atoms with van der Waals surface area (Å²) in [5.74, 6) is -1.14. The number of primary amides is 1. The first-order chi connectivity index (χ1) is 9.04. The Morgan fingerprint density at radius 2 is 2.16 bits per heavy atom. The number of carbonyl (C=O) groups excluding carboxylic acids is 2. The van der Waals surface area contributed by atoms with E-state index in [2.05, 4.69) is 14.8 Å². The van der Waals surface area contributed by atoms with Crippen LogP contribution in [0.4, 0.5) is 5.69 Å². The van der Waals surface area contributed by atoms with E-state index in [0.29, 0.717) is 0 Å². The summed E-state index contributed by atoms with van der Waals surface area (Å²) in [5, 5.41) is 3.94. The molecular weight excluding hydrogens is 250 g/mol. The lowest BCUT2D eigenvalue weighted by atomic mass is 10.2. The molecule has 19 heavy (non-hydrogen) atoms. The summed E-state index contributed by atoms with van der Waals surface area (Å²) in [7, 11) is 1.22. The smallest absolute Gasteiger partial charge is 0.360 e. The van der Waals surface area contributed by atoms with Gasteiger partial charge >= 0.3 is 5.97 Å². The standard InChI is InChI=1S/C11H11N5O3/c1-19-11(18)8-7(12)5-16(15-8)10-6(9(13)17)3-2-4-14-10/h2-5H,12H2,1H3,(H2,13,17). The van der Waals surface area contributed by atoms with Crippen molar-refractivity contribution in [2.24, 2.45) is 5.73 Å². The van der Waals surface area contributed by atoms with Crippen LogP contribution >= 0.6 is 0 Å². The fraction of sp³-hybridized carbons (Fsp3) is 0.0909. The molecule has 2 aromatic rings. The molecule has 2 rings (SSSR count). The predicted molar refractivity (Wildman–Crippen MR) is 65.6 cm³/mol. The minimum atomic E-state index is -0.673. The molecule has 0 saturated carbocycles. The van der Waals surface area contributed by atoms with Crippen LogP contribution in [-0.4, -0.2) is 33.8 Å². The predicted octanol–water partition coefficient (Wildman–Crippen LogP) is -0.265. The van der Waals surface area contributed by atoms with Crippen molar-refractivity contribution in [1.82, 2.24) is 14.8 Å². The summed E-state index contributed by atoms with van der Waals surface area (Å²) >= 11 is 0. The van der Waals surface area contributed by atoms with Crippen molar-refractivity contribution in [2.45, 2.75) is 0 Å². The maximum atomic E-state index is 11.4. The minimum Gasteiger partial charge on any atom is -0.464 e. The maximum absolute atomic E-state index is 11.4. The van der Waals surface area contributed by atoms with Crippen LogP contribution in [0.25, 0.3) is 5.82 Å². The number of rotatable bonds is 3. The molecule has 2 aromatic heterocycles. The van der Waals surface area contributed by atoms with Gasteiger partial charge in [-0.15, -0.1) is 0 Å². The van der Waals surface area contributed by atoms with Gasteiger partial charge in [0.15, 0.2) is 11.5 Å². The third-order valence-corrected chi connectivity index (χ3v) is 2.39. The van der Waals surface area contributed by atoms with Gasteiger partial charge in [0.05, 0.1) is 24.6 Å². The van der Waals surface area contributed by atoms with E-state index in [9.17, 15) is 9.59 Å². The number of methoxy groups -OCH3 is 1. The quantitative estimate of drug-likeness (QED) is 0.732. The summed E-state index contributed by atoms with van der Waals surface area (Å²) in [4.78, 5) is 26.7. The van der Waals surface area contributed by atoms with Gasteiger partial charge in [-0.05, 0) is 12.1 Å². The van der Waals surface area contributed by atoms with Gasteiger partial charge in [-0.2, -0.15) is 5.10 Å². The monoisotopic (exact) mass is 261 g/mol. The number of hydrogen-bond acceptors (Lipinski definition) is 6. The Bertz CT molecular complexity index is 650. The lowest BCUT2D eigenvalue weighted by Gasteiger charge is -2.04. The maximum Gasteiger partial charge on any atom is 0.360 e. The molecule has 2 heterocycles. The van der Waals surface area contributed by atoms with Gasteiger partial charge in [-0.25, -0.2) is 14.5 Å². The van der Waals surface area contributed by atoms with Gasteiger partial charge in [0.2, 0.25) is 0 Å².